The van der Waals surface area contributed by atoms with E-state index in [1.165, 1.54) is 19.4 Å². The second kappa shape index (κ2) is 3.57. The first-order valence-electron chi connectivity index (χ1n) is 4.85. The van der Waals surface area contributed by atoms with E-state index in [2.05, 4.69) is 32.7 Å². The summed E-state index contributed by atoms with van der Waals surface area (Å²) in [4.78, 5) is 2.52. The van der Waals surface area contributed by atoms with E-state index in [1.807, 2.05) is 0 Å². The third-order valence-electron chi connectivity index (χ3n) is 3.13. The Kier molecular flexibility index (Phi) is 2.94. The molecule has 0 amide bonds. The molecule has 2 atom stereocenters. The van der Waals surface area contributed by atoms with E-state index < -0.39 is 0 Å². The van der Waals surface area contributed by atoms with Gasteiger partial charge in [-0.25, -0.2) is 0 Å². The molecule has 1 nitrogen and oxygen atoms in total. The number of hydrogen-bond acceptors (Lipinski definition) is 1. The molecule has 0 N–H and O–H groups in total. The van der Waals surface area contributed by atoms with Crippen molar-refractivity contribution < 1.29 is 0 Å². The highest BCUT2D eigenvalue weighted by atomic mass is 15.2. The van der Waals surface area contributed by atoms with Crippen LogP contribution in [-0.2, 0) is 0 Å². The highest BCUT2D eigenvalue weighted by molar-refractivity contribution is 4.83. The van der Waals surface area contributed by atoms with Crippen LogP contribution < -0.4 is 0 Å². The second-order valence-electron chi connectivity index (χ2n) is 4.24. The van der Waals surface area contributed by atoms with Crippen molar-refractivity contribution in [2.75, 3.05) is 13.6 Å². The highest BCUT2D eigenvalue weighted by Gasteiger charge is 2.29. The van der Waals surface area contributed by atoms with E-state index in [0.717, 1.165) is 17.9 Å². The average molecular weight is 155 g/mol. The minimum Gasteiger partial charge on any atom is -0.303 e. The molecule has 1 heterocycles. The number of rotatable bonds is 2. The zero-order chi connectivity index (χ0) is 8.43. The lowest BCUT2D eigenvalue weighted by molar-refractivity contribution is 0.296. The highest BCUT2D eigenvalue weighted by Crippen LogP contribution is 2.28. The first-order valence-corrected chi connectivity index (χ1v) is 4.85. The van der Waals surface area contributed by atoms with Crippen molar-refractivity contribution in [2.24, 2.45) is 11.8 Å². The Morgan fingerprint density at radius 3 is 2.36 bits per heavy atom. The molecular weight excluding hydrogens is 134 g/mol. The number of likely N-dealkylation sites (tertiary alicyclic amines) is 1. The summed E-state index contributed by atoms with van der Waals surface area (Å²) in [6.07, 6.45) is 2.74. The predicted octanol–water partition coefficient (Wildman–Crippen LogP) is 2.37. The van der Waals surface area contributed by atoms with Crippen LogP contribution in [0.5, 0.6) is 0 Å². The Labute approximate surface area is 70.8 Å². The zero-order valence-corrected chi connectivity index (χ0v) is 8.30. The van der Waals surface area contributed by atoms with Crippen LogP contribution in [0.3, 0.4) is 0 Å². The average Bonchev–Trinajstić information content (AvgIpc) is 2.31. The van der Waals surface area contributed by atoms with Crippen LogP contribution in [0.4, 0.5) is 0 Å². The van der Waals surface area contributed by atoms with Gasteiger partial charge in [-0.1, -0.05) is 20.8 Å². The van der Waals surface area contributed by atoms with Gasteiger partial charge in [-0.15, -0.1) is 0 Å². The summed E-state index contributed by atoms with van der Waals surface area (Å²) >= 11 is 0. The molecular formula is C10H21N. The third kappa shape index (κ3) is 1.96. The molecule has 0 radical (unpaired) electrons. The number of hydrogen-bond donors (Lipinski definition) is 0. The molecule has 0 aliphatic carbocycles. The molecule has 2 unspecified atom stereocenters. The smallest absolute Gasteiger partial charge is 0.00929 e. The maximum Gasteiger partial charge on any atom is 0.00929 e. The minimum absolute atomic E-state index is 0.863. The summed E-state index contributed by atoms with van der Waals surface area (Å²) in [6.45, 7) is 8.30. The molecule has 1 saturated heterocycles. The van der Waals surface area contributed by atoms with E-state index in [1.54, 1.807) is 0 Å². The lowest BCUT2D eigenvalue weighted by Gasteiger charge is -2.16. The van der Waals surface area contributed by atoms with Gasteiger partial charge in [0.2, 0.25) is 0 Å². The zero-order valence-electron chi connectivity index (χ0n) is 8.30. The van der Waals surface area contributed by atoms with Gasteiger partial charge in [0, 0.05) is 12.6 Å². The Hall–Kier alpha value is -0.0400. The van der Waals surface area contributed by atoms with Gasteiger partial charge in [-0.2, -0.15) is 0 Å². The largest absolute Gasteiger partial charge is 0.303 e. The lowest BCUT2D eigenvalue weighted by Crippen LogP contribution is -2.24. The van der Waals surface area contributed by atoms with E-state index in [4.69, 9.17) is 0 Å². The Bertz CT molecular complexity index is 120. The quantitative estimate of drug-likeness (QED) is 0.592. The van der Waals surface area contributed by atoms with Crippen LogP contribution in [0.1, 0.15) is 33.6 Å². The van der Waals surface area contributed by atoms with Gasteiger partial charge in [-0.05, 0) is 31.7 Å². The fourth-order valence-corrected chi connectivity index (χ4v) is 2.08. The molecule has 11 heavy (non-hydrogen) atoms. The van der Waals surface area contributed by atoms with Crippen molar-refractivity contribution in [3.8, 4) is 0 Å². The predicted molar refractivity (Wildman–Crippen MR) is 49.7 cm³/mol. The normalized spacial score (nSPS) is 33.5. The second-order valence-corrected chi connectivity index (χ2v) is 4.24. The molecule has 1 aliphatic heterocycles. The molecule has 1 heteroatoms. The Morgan fingerprint density at radius 2 is 2.09 bits per heavy atom. The number of nitrogens with zero attached hydrogens (tertiary/aromatic N) is 1. The van der Waals surface area contributed by atoms with Crippen molar-refractivity contribution in [3.05, 3.63) is 0 Å². The molecule has 1 rings (SSSR count). The summed E-state index contributed by atoms with van der Waals surface area (Å²) in [7, 11) is 2.26. The maximum atomic E-state index is 2.52. The standard InChI is InChI=1S/C10H21N/c1-5-10-6-9(8(2)3)7-11(10)4/h8-10H,5-7H2,1-4H3. The minimum atomic E-state index is 0.863. The summed E-state index contributed by atoms with van der Waals surface area (Å²) in [5.74, 6) is 1.82. The van der Waals surface area contributed by atoms with Crippen LogP contribution >= 0.6 is 0 Å². The molecule has 0 saturated carbocycles. The van der Waals surface area contributed by atoms with Gasteiger partial charge in [0.1, 0.15) is 0 Å². The first-order chi connectivity index (χ1) is 5.15. The van der Waals surface area contributed by atoms with Crippen molar-refractivity contribution in [3.63, 3.8) is 0 Å². The van der Waals surface area contributed by atoms with Crippen molar-refractivity contribution >= 4 is 0 Å². The van der Waals surface area contributed by atoms with Crippen molar-refractivity contribution in [1.82, 2.24) is 4.90 Å². The lowest BCUT2D eigenvalue weighted by atomic mass is 9.93. The summed E-state index contributed by atoms with van der Waals surface area (Å²) in [6, 6.07) is 0.863. The van der Waals surface area contributed by atoms with Gasteiger partial charge in [0.05, 0.1) is 0 Å². The van der Waals surface area contributed by atoms with Gasteiger partial charge in [-0.3, -0.25) is 0 Å². The van der Waals surface area contributed by atoms with Gasteiger partial charge in [0.15, 0.2) is 0 Å². The van der Waals surface area contributed by atoms with E-state index in [0.29, 0.717) is 0 Å². The molecule has 1 fully saturated rings. The fraction of sp³-hybridized carbons (Fsp3) is 1.00. The topological polar surface area (TPSA) is 3.24 Å². The molecule has 0 bridgehead atoms. The van der Waals surface area contributed by atoms with E-state index >= 15 is 0 Å². The van der Waals surface area contributed by atoms with Gasteiger partial charge in [0.25, 0.3) is 0 Å². The first kappa shape index (κ1) is 9.05. The molecule has 66 valence electrons. The summed E-state index contributed by atoms with van der Waals surface area (Å²) in [5.41, 5.74) is 0. The van der Waals surface area contributed by atoms with Crippen molar-refractivity contribution in [2.45, 2.75) is 39.7 Å². The molecule has 0 aromatic heterocycles. The molecule has 0 aromatic rings. The monoisotopic (exact) mass is 155 g/mol. The summed E-state index contributed by atoms with van der Waals surface area (Å²) in [5, 5.41) is 0. The van der Waals surface area contributed by atoms with Crippen LogP contribution in [-0.4, -0.2) is 24.5 Å². The van der Waals surface area contributed by atoms with Crippen LogP contribution in [0.15, 0.2) is 0 Å². The maximum absolute atomic E-state index is 2.52. The molecule has 1 aliphatic rings. The molecule has 0 aromatic carbocycles. The Balaban J connectivity index is 2.43. The van der Waals surface area contributed by atoms with Crippen LogP contribution in [0.2, 0.25) is 0 Å². The van der Waals surface area contributed by atoms with Crippen LogP contribution in [0, 0.1) is 11.8 Å². The van der Waals surface area contributed by atoms with Crippen molar-refractivity contribution in [1.29, 1.82) is 0 Å². The molecule has 0 spiro atoms. The fourth-order valence-electron chi connectivity index (χ4n) is 2.08. The van der Waals surface area contributed by atoms with E-state index in [-0.39, 0.29) is 0 Å². The van der Waals surface area contributed by atoms with Gasteiger partial charge >= 0.3 is 0 Å². The van der Waals surface area contributed by atoms with Crippen LogP contribution in [0.25, 0.3) is 0 Å². The van der Waals surface area contributed by atoms with Gasteiger partial charge < -0.3 is 4.90 Å². The Morgan fingerprint density at radius 1 is 1.45 bits per heavy atom. The SMILES string of the molecule is CCC1CC(C(C)C)CN1C. The third-order valence-corrected chi connectivity index (χ3v) is 3.13. The van der Waals surface area contributed by atoms with E-state index in [9.17, 15) is 0 Å². The summed E-state index contributed by atoms with van der Waals surface area (Å²) < 4.78 is 0.